The van der Waals surface area contributed by atoms with Crippen LogP contribution in [0.3, 0.4) is 0 Å². The van der Waals surface area contributed by atoms with E-state index in [0.29, 0.717) is 33.6 Å². The lowest BCUT2D eigenvalue weighted by molar-refractivity contribution is -0.140. The van der Waals surface area contributed by atoms with Crippen molar-refractivity contribution in [3.05, 3.63) is 105 Å². The Balaban J connectivity index is 1.97. The van der Waals surface area contributed by atoms with Gasteiger partial charge in [0.05, 0.1) is 6.42 Å². The summed E-state index contributed by atoms with van der Waals surface area (Å²) in [6, 6.07) is 21.4. The number of hydrogen-bond acceptors (Lipinski definition) is 2. The third-order valence-corrected chi connectivity index (χ3v) is 6.38. The fourth-order valence-corrected chi connectivity index (χ4v) is 4.43. The zero-order valence-electron chi connectivity index (χ0n) is 19.8. The average Bonchev–Trinajstić information content (AvgIpc) is 2.82. The maximum absolute atomic E-state index is 13.7. The van der Waals surface area contributed by atoms with Gasteiger partial charge in [0.25, 0.3) is 0 Å². The molecule has 0 saturated carbocycles. The molecule has 0 saturated heterocycles. The Morgan fingerprint density at radius 3 is 2.20 bits per heavy atom. The van der Waals surface area contributed by atoms with Crippen LogP contribution in [-0.2, 0) is 29.0 Å². The fourth-order valence-electron chi connectivity index (χ4n) is 3.74. The van der Waals surface area contributed by atoms with Crippen molar-refractivity contribution in [2.24, 2.45) is 5.92 Å². The molecule has 4 nitrogen and oxygen atoms in total. The summed E-state index contributed by atoms with van der Waals surface area (Å²) in [6.45, 7) is 4.82. The summed E-state index contributed by atoms with van der Waals surface area (Å²) >= 11 is 18.6. The van der Waals surface area contributed by atoms with Crippen LogP contribution in [0, 0.1) is 5.92 Å². The van der Waals surface area contributed by atoms with Crippen molar-refractivity contribution in [1.82, 2.24) is 10.2 Å². The molecular formula is C28H29Cl3N2O2. The summed E-state index contributed by atoms with van der Waals surface area (Å²) in [6.07, 6.45) is 0.421. The van der Waals surface area contributed by atoms with Crippen LogP contribution in [0.2, 0.25) is 15.1 Å². The fraction of sp³-hybridized carbons (Fsp3) is 0.286. The summed E-state index contributed by atoms with van der Waals surface area (Å²) in [4.78, 5) is 28.8. The summed E-state index contributed by atoms with van der Waals surface area (Å²) in [7, 11) is 0. The molecular weight excluding hydrogens is 503 g/mol. The van der Waals surface area contributed by atoms with Gasteiger partial charge >= 0.3 is 0 Å². The maximum atomic E-state index is 13.7. The molecule has 1 atom stereocenters. The van der Waals surface area contributed by atoms with E-state index in [1.54, 1.807) is 29.2 Å². The zero-order chi connectivity index (χ0) is 25.4. The van der Waals surface area contributed by atoms with Gasteiger partial charge in [0, 0.05) is 34.6 Å². The number of hydrogen-bond donors (Lipinski definition) is 1. The highest BCUT2D eigenvalue weighted by Crippen LogP contribution is 2.24. The smallest absolute Gasteiger partial charge is 0.243 e. The standard InChI is InChI=1S/C28H29Cl3N2O2/c1-19(2)17-32-28(35)26(14-20-7-4-3-5-8-20)33(18-21-9-6-10-23(29)13-21)27(34)15-22-11-12-24(30)16-25(22)31/h3-13,16,19,26H,14-15,17-18H2,1-2H3,(H,32,35)/t26-/m0/s1. The summed E-state index contributed by atoms with van der Waals surface area (Å²) in [5.41, 5.74) is 2.45. The van der Waals surface area contributed by atoms with Crippen LogP contribution in [0.5, 0.6) is 0 Å². The third-order valence-electron chi connectivity index (χ3n) is 5.55. The second-order valence-corrected chi connectivity index (χ2v) is 10.2. The van der Waals surface area contributed by atoms with Gasteiger partial charge in [-0.1, -0.05) is 97.2 Å². The number of benzene rings is 3. The first-order valence-corrected chi connectivity index (χ1v) is 12.7. The van der Waals surface area contributed by atoms with Gasteiger partial charge in [-0.2, -0.15) is 0 Å². The first-order valence-electron chi connectivity index (χ1n) is 11.5. The molecule has 3 aromatic rings. The summed E-state index contributed by atoms with van der Waals surface area (Å²) in [5, 5.41) is 4.50. The number of carbonyl (C=O) groups is 2. The number of halogens is 3. The highest BCUT2D eigenvalue weighted by molar-refractivity contribution is 6.35. The van der Waals surface area contributed by atoms with E-state index in [2.05, 4.69) is 5.32 Å². The van der Waals surface area contributed by atoms with Crippen LogP contribution < -0.4 is 5.32 Å². The molecule has 0 aliphatic heterocycles. The van der Waals surface area contributed by atoms with Gasteiger partial charge in [0.15, 0.2) is 0 Å². The van der Waals surface area contributed by atoms with Crippen LogP contribution in [0.4, 0.5) is 0 Å². The van der Waals surface area contributed by atoms with E-state index in [-0.39, 0.29) is 30.7 Å². The molecule has 0 radical (unpaired) electrons. The Labute approximate surface area is 222 Å². The lowest BCUT2D eigenvalue weighted by atomic mass is 10.0. The van der Waals surface area contributed by atoms with Crippen molar-refractivity contribution in [3.63, 3.8) is 0 Å². The number of nitrogens with zero attached hydrogens (tertiary/aromatic N) is 1. The maximum Gasteiger partial charge on any atom is 0.243 e. The first-order chi connectivity index (χ1) is 16.7. The monoisotopic (exact) mass is 530 g/mol. The van der Waals surface area contributed by atoms with Crippen molar-refractivity contribution in [2.75, 3.05) is 6.54 Å². The van der Waals surface area contributed by atoms with E-state index in [9.17, 15) is 9.59 Å². The number of nitrogens with one attached hydrogen (secondary N) is 1. The molecule has 0 spiro atoms. The van der Waals surface area contributed by atoms with Crippen LogP contribution in [0.1, 0.15) is 30.5 Å². The molecule has 0 fully saturated rings. The quantitative estimate of drug-likeness (QED) is 0.320. The molecule has 3 aromatic carbocycles. The summed E-state index contributed by atoms with van der Waals surface area (Å²) in [5.74, 6) is -0.128. The molecule has 3 rings (SSSR count). The minimum atomic E-state index is -0.714. The van der Waals surface area contributed by atoms with Gasteiger partial charge in [-0.25, -0.2) is 0 Å². The molecule has 0 bridgehead atoms. The van der Waals surface area contributed by atoms with Crippen molar-refractivity contribution < 1.29 is 9.59 Å². The zero-order valence-corrected chi connectivity index (χ0v) is 22.1. The normalized spacial score (nSPS) is 11.8. The molecule has 184 valence electrons. The van der Waals surface area contributed by atoms with Gasteiger partial charge < -0.3 is 10.2 Å². The molecule has 0 aliphatic rings. The third kappa shape index (κ3) is 8.28. The number of rotatable bonds is 10. The molecule has 7 heteroatoms. The summed E-state index contributed by atoms with van der Waals surface area (Å²) < 4.78 is 0. The van der Waals surface area contributed by atoms with Crippen molar-refractivity contribution >= 4 is 46.6 Å². The first kappa shape index (κ1) is 27.1. The van der Waals surface area contributed by atoms with Gasteiger partial charge in [0.1, 0.15) is 6.04 Å². The number of amides is 2. The van der Waals surface area contributed by atoms with Crippen LogP contribution in [0.25, 0.3) is 0 Å². The van der Waals surface area contributed by atoms with E-state index in [1.807, 2.05) is 62.4 Å². The molecule has 0 aromatic heterocycles. The van der Waals surface area contributed by atoms with E-state index < -0.39 is 6.04 Å². The van der Waals surface area contributed by atoms with Gasteiger partial charge in [-0.3, -0.25) is 9.59 Å². The largest absolute Gasteiger partial charge is 0.354 e. The molecule has 0 unspecified atom stereocenters. The van der Waals surface area contributed by atoms with Crippen LogP contribution in [0.15, 0.2) is 72.8 Å². The van der Waals surface area contributed by atoms with Crippen LogP contribution >= 0.6 is 34.8 Å². The van der Waals surface area contributed by atoms with E-state index in [1.165, 1.54) is 0 Å². The molecule has 35 heavy (non-hydrogen) atoms. The Kier molecular flexibility index (Phi) is 10.0. The predicted octanol–water partition coefficient (Wildman–Crippen LogP) is 6.60. The highest BCUT2D eigenvalue weighted by atomic mass is 35.5. The average molecular weight is 532 g/mol. The van der Waals surface area contributed by atoms with E-state index >= 15 is 0 Å². The van der Waals surface area contributed by atoms with Gasteiger partial charge in [-0.15, -0.1) is 0 Å². The lowest BCUT2D eigenvalue weighted by Crippen LogP contribution is -2.51. The topological polar surface area (TPSA) is 49.4 Å². The van der Waals surface area contributed by atoms with E-state index in [0.717, 1.165) is 11.1 Å². The minimum Gasteiger partial charge on any atom is -0.354 e. The predicted molar refractivity (Wildman–Crippen MR) is 144 cm³/mol. The van der Waals surface area contributed by atoms with Crippen molar-refractivity contribution in [2.45, 2.75) is 39.3 Å². The van der Waals surface area contributed by atoms with Crippen molar-refractivity contribution in [3.8, 4) is 0 Å². The lowest BCUT2D eigenvalue weighted by Gasteiger charge is -2.32. The van der Waals surface area contributed by atoms with Crippen molar-refractivity contribution in [1.29, 1.82) is 0 Å². The highest BCUT2D eigenvalue weighted by Gasteiger charge is 2.30. The van der Waals surface area contributed by atoms with Gasteiger partial charge in [0.2, 0.25) is 11.8 Å². The minimum absolute atomic E-state index is 0.0410. The van der Waals surface area contributed by atoms with Crippen LogP contribution in [-0.4, -0.2) is 29.3 Å². The molecule has 0 heterocycles. The molecule has 1 N–H and O–H groups in total. The van der Waals surface area contributed by atoms with Gasteiger partial charge in [-0.05, 0) is 46.9 Å². The Hall–Kier alpha value is -2.53. The second-order valence-electron chi connectivity index (χ2n) is 8.91. The molecule has 0 aliphatic carbocycles. The Morgan fingerprint density at radius 1 is 0.857 bits per heavy atom. The SMILES string of the molecule is CC(C)CNC(=O)[C@H](Cc1ccccc1)N(Cc1cccc(Cl)c1)C(=O)Cc1ccc(Cl)cc1Cl. The Morgan fingerprint density at radius 2 is 1.54 bits per heavy atom. The molecule has 2 amide bonds. The Bertz CT molecular complexity index is 1150. The number of carbonyl (C=O) groups excluding carboxylic acids is 2. The second kappa shape index (κ2) is 13.0. The van der Waals surface area contributed by atoms with E-state index in [4.69, 9.17) is 34.8 Å².